The van der Waals surface area contributed by atoms with Crippen molar-refractivity contribution in [3.8, 4) is 16.9 Å². The fourth-order valence-electron chi connectivity index (χ4n) is 5.29. The van der Waals surface area contributed by atoms with E-state index >= 15 is 0 Å². The molecule has 218 valence electrons. The SMILES string of the molecule is CC1Oc2cc(N3CCCC3=O)ccc2-c2cnc(Nc3cncc(NC(=O)c4ccc(CC(Br)C(=O)O)cc4)c3)cc21. The second kappa shape index (κ2) is 11.8. The highest BCUT2D eigenvalue weighted by atomic mass is 79.9. The quantitative estimate of drug-likeness (QED) is 0.196. The summed E-state index contributed by atoms with van der Waals surface area (Å²) in [6.07, 6.45) is 6.53. The van der Waals surface area contributed by atoms with Gasteiger partial charge in [-0.3, -0.25) is 19.4 Å². The Morgan fingerprint density at radius 2 is 1.86 bits per heavy atom. The number of fused-ring (bicyclic) bond motifs is 3. The molecule has 4 heterocycles. The lowest BCUT2D eigenvalue weighted by molar-refractivity contribution is -0.136. The summed E-state index contributed by atoms with van der Waals surface area (Å²) < 4.78 is 6.26. The van der Waals surface area contributed by atoms with Gasteiger partial charge < -0.3 is 25.4 Å². The van der Waals surface area contributed by atoms with E-state index in [9.17, 15) is 14.4 Å². The molecule has 2 aromatic carbocycles. The van der Waals surface area contributed by atoms with Gasteiger partial charge in [0.25, 0.3) is 5.91 Å². The van der Waals surface area contributed by atoms with E-state index in [4.69, 9.17) is 9.84 Å². The number of ether oxygens (including phenoxy) is 1. The van der Waals surface area contributed by atoms with Gasteiger partial charge in [-0.05, 0) is 61.7 Å². The molecule has 2 aromatic heterocycles. The smallest absolute Gasteiger partial charge is 0.317 e. The molecule has 0 spiro atoms. The minimum atomic E-state index is -0.937. The first-order valence-corrected chi connectivity index (χ1v) is 14.8. The molecule has 2 aliphatic heterocycles. The van der Waals surface area contributed by atoms with Gasteiger partial charge in [-0.1, -0.05) is 28.1 Å². The zero-order valence-corrected chi connectivity index (χ0v) is 24.8. The van der Waals surface area contributed by atoms with Gasteiger partial charge in [-0.25, -0.2) is 4.98 Å². The van der Waals surface area contributed by atoms with E-state index in [0.717, 1.165) is 46.7 Å². The van der Waals surface area contributed by atoms with Crippen LogP contribution in [0.1, 0.15) is 47.4 Å². The molecule has 6 rings (SSSR count). The Kier molecular flexibility index (Phi) is 7.81. The van der Waals surface area contributed by atoms with Crippen molar-refractivity contribution in [1.29, 1.82) is 0 Å². The molecule has 43 heavy (non-hydrogen) atoms. The molecule has 2 atom stereocenters. The first-order valence-electron chi connectivity index (χ1n) is 13.9. The van der Waals surface area contributed by atoms with E-state index in [2.05, 4.69) is 36.5 Å². The Labute approximate surface area is 256 Å². The summed E-state index contributed by atoms with van der Waals surface area (Å²) in [4.78, 5) is 46.1. The van der Waals surface area contributed by atoms with Gasteiger partial charge in [0, 0.05) is 53.2 Å². The standard InChI is InChI=1S/C32H28BrN5O5/c1-18-25-14-29(35-17-26(25)24-9-8-23(13-28(24)43-18)38-10-2-3-30(38)39)36-21-12-22(16-34-15-21)37-31(40)20-6-4-19(5-7-20)11-27(33)32(41)42/h4-9,12-18,27H,2-3,10-11H2,1H3,(H,35,36)(H,37,40)(H,41,42). The third-order valence-electron chi connectivity index (χ3n) is 7.49. The van der Waals surface area contributed by atoms with Crippen LogP contribution in [0.2, 0.25) is 0 Å². The molecule has 1 saturated heterocycles. The maximum absolute atomic E-state index is 12.8. The van der Waals surface area contributed by atoms with Crippen molar-refractivity contribution in [3.63, 3.8) is 0 Å². The highest BCUT2D eigenvalue weighted by molar-refractivity contribution is 9.10. The summed E-state index contributed by atoms with van der Waals surface area (Å²) >= 11 is 3.13. The molecule has 0 radical (unpaired) electrons. The summed E-state index contributed by atoms with van der Waals surface area (Å²) in [5.74, 6) is 0.218. The topological polar surface area (TPSA) is 134 Å². The van der Waals surface area contributed by atoms with E-state index in [1.807, 2.05) is 37.4 Å². The zero-order chi connectivity index (χ0) is 30.1. The van der Waals surface area contributed by atoms with Gasteiger partial charge in [0.15, 0.2) is 0 Å². The van der Waals surface area contributed by atoms with Gasteiger partial charge in [-0.15, -0.1) is 0 Å². The van der Waals surface area contributed by atoms with Crippen molar-refractivity contribution in [1.82, 2.24) is 9.97 Å². The number of anilines is 4. The molecule has 10 nitrogen and oxygen atoms in total. The lowest BCUT2D eigenvalue weighted by atomic mass is 9.94. The molecule has 0 aliphatic carbocycles. The van der Waals surface area contributed by atoms with Crippen LogP contribution < -0.4 is 20.3 Å². The van der Waals surface area contributed by atoms with E-state index in [-0.39, 0.29) is 17.9 Å². The van der Waals surface area contributed by atoms with Crippen LogP contribution in [-0.4, -0.2) is 44.2 Å². The number of pyridine rings is 2. The molecular weight excluding hydrogens is 614 g/mol. The molecule has 3 N–H and O–H groups in total. The number of benzene rings is 2. The minimum Gasteiger partial charge on any atom is -0.485 e. The average molecular weight is 643 g/mol. The van der Waals surface area contributed by atoms with Crippen molar-refractivity contribution in [3.05, 3.63) is 89.9 Å². The highest BCUT2D eigenvalue weighted by Gasteiger charge is 2.27. The van der Waals surface area contributed by atoms with E-state index in [1.165, 1.54) is 0 Å². The number of carbonyl (C=O) groups is 3. The van der Waals surface area contributed by atoms with E-state index in [1.54, 1.807) is 47.6 Å². The second-order valence-electron chi connectivity index (χ2n) is 10.5. The number of alkyl halides is 1. The number of carboxylic acid groups (broad SMARTS) is 1. The Balaban J connectivity index is 1.14. The van der Waals surface area contributed by atoms with Crippen LogP contribution in [0, 0.1) is 0 Å². The molecule has 2 unspecified atom stereocenters. The lowest BCUT2D eigenvalue weighted by Crippen LogP contribution is -2.24. The maximum Gasteiger partial charge on any atom is 0.317 e. The fraction of sp³-hybridized carbons (Fsp3) is 0.219. The number of aliphatic carboxylic acids is 1. The Morgan fingerprint density at radius 3 is 2.60 bits per heavy atom. The van der Waals surface area contributed by atoms with Gasteiger partial charge in [0.2, 0.25) is 5.91 Å². The maximum atomic E-state index is 12.8. The zero-order valence-electron chi connectivity index (χ0n) is 23.2. The predicted molar refractivity (Wildman–Crippen MR) is 166 cm³/mol. The Bertz CT molecular complexity index is 1730. The van der Waals surface area contributed by atoms with Crippen LogP contribution in [0.5, 0.6) is 5.75 Å². The number of hydrogen-bond donors (Lipinski definition) is 3. The predicted octanol–water partition coefficient (Wildman–Crippen LogP) is 6.11. The third kappa shape index (κ3) is 6.07. The van der Waals surface area contributed by atoms with Crippen molar-refractivity contribution >= 4 is 56.6 Å². The van der Waals surface area contributed by atoms with Crippen LogP contribution in [0.25, 0.3) is 11.1 Å². The normalized spacial score (nSPS) is 16.1. The molecule has 4 aromatic rings. The van der Waals surface area contributed by atoms with Crippen LogP contribution in [0.15, 0.2) is 73.2 Å². The molecule has 2 amide bonds. The summed E-state index contributed by atoms with van der Waals surface area (Å²) in [7, 11) is 0. The van der Waals surface area contributed by atoms with Crippen molar-refractivity contribution in [2.45, 2.75) is 37.1 Å². The van der Waals surface area contributed by atoms with Crippen LogP contribution in [0.4, 0.5) is 22.9 Å². The van der Waals surface area contributed by atoms with Crippen LogP contribution in [0.3, 0.4) is 0 Å². The number of amides is 2. The van der Waals surface area contributed by atoms with Gasteiger partial charge in [-0.2, -0.15) is 0 Å². The average Bonchev–Trinajstić information content (AvgIpc) is 3.43. The number of nitrogens with one attached hydrogen (secondary N) is 2. The highest BCUT2D eigenvalue weighted by Crippen LogP contribution is 2.44. The molecule has 1 fully saturated rings. The molecule has 0 bridgehead atoms. The lowest BCUT2D eigenvalue weighted by Gasteiger charge is -2.28. The molecule has 11 heteroatoms. The summed E-state index contributed by atoms with van der Waals surface area (Å²) in [6, 6.07) is 16.4. The van der Waals surface area contributed by atoms with Crippen molar-refractivity contribution in [2.75, 3.05) is 22.1 Å². The Hall–Kier alpha value is -4.77. The Morgan fingerprint density at radius 1 is 1.07 bits per heavy atom. The van der Waals surface area contributed by atoms with Crippen LogP contribution >= 0.6 is 15.9 Å². The number of carboxylic acids is 1. The fourth-order valence-corrected chi connectivity index (χ4v) is 5.66. The number of aromatic nitrogens is 2. The van der Waals surface area contributed by atoms with Gasteiger partial charge in [0.1, 0.15) is 22.5 Å². The first-order chi connectivity index (χ1) is 20.7. The van der Waals surface area contributed by atoms with Crippen molar-refractivity contribution in [2.24, 2.45) is 0 Å². The minimum absolute atomic E-state index is 0.136. The third-order valence-corrected chi connectivity index (χ3v) is 8.20. The van der Waals surface area contributed by atoms with Gasteiger partial charge in [0.05, 0.1) is 23.8 Å². The van der Waals surface area contributed by atoms with Crippen LogP contribution in [-0.2, 0) is 16.0 Å². The number of carbonyl (C=O) groups excluding carboxylic acids is 2. The number of nitrogens with zero attached hydrogens (tertiary/aromatic N) is 3. The number of hydrogen-bond acceptors (Lipinski definition) is 7. The number of rotatable bonds is 8. The van der Waals surface area contributed by atoms with E-state index < -0.39 is 10.8 Å². The van der Waals surface area contributed by atoms with E-state index in [0.29, 0.717) is 35.6 Å². The molecule has 0 saturated carbocycles. The number of halogens is 1. The molecular formula is C32H28BrN5O5. The van der Waals surface area contributed by atoms with Crippen molar-refractivity contribution < 1.29 is 24.2 Å². The summed E-state index contributed by atoms with van der Waals surface area (Å²) in [5.41, 5.74) is 6.11. The monoisotopic (exact) mass is 641 g/mol. The van der Waals surface area contributed by atoms with Gasteiger partial charge >= 0.3 is 5.97 Å². The summed E-state index contributed by atoms with van der Waals surface area (Å²) in [6.45, 7) is 2.70. The summed E-state index contributed by atoms with van der Waals surface area (Å²) in [5, 5.41) is 15.2. The molecule has 2 aliphatic rings. The first kappa shape index (κ1) is 28.4. The second-order valence-corrected chi connectivity index (χ2v) is 11.6. The largest absolute Gasteiger partial charge is 0.485 e.